The van der Waals surface area contributed by atoms with Crippen LogP contribution in [-0.2, 0) is 4.79 Å². The molecule has 10 nitrogen and oxygen atoms in total. The van der Waals surface area contributed by atoms with Gasteiger partial charge in [0.2, 0.25) is 17.8 Å². The van der Waals surface area contributed by atoms with Gasteiger partial charge in [0.05, 0.1) is 0 Å². The van der Waals surface area contributed by atoms with Crippen LogP contribution in [0.3, 0.4) is 0 Å². The van der Waals surface area contributed by atoms with Gasteiger partial charge in [-0.25, -0.2) is 4.98 Å². The number of aromatic nitrogens is 6. The highest BCUT2D eigenvalue weighted by Crippen LogP contribution is 2.08. The van der Waals surface area contributed by atoms with Crippen molar-refractivity contribution in [2.45, 2.75) is 19.8 Å². The van der Waals surface area contributed by atoms with Crippen molar-refractivity contribution in [2.75, 3.05) is 23.7 Å². The summed E-state index contributed by atoms with van der Waals surface area (Å²) in [5.74, 6) is 0.867. The van der Waals surface area contributed by atoms with Crippen molar-refractivity contribution in [2.24, 2.45) is 5.73 Å². The molecule has 2 rings (SSSR count). The lowest BCUT2D eigenvalue weighted by Gasteiger charge is -2.08. The lowest BCUT2D eigenvalue weighted by molar-refractivity contribution is -0.118. The lowest BCUT2D eigenvalue weighted by Crippen LogP contribution is -2.15. The van der Waals surface area contributed by atoms with E-state index in [9.17, 15) is 4.79 Å². The van der Waals surface area contributed by atoms with E-state index in [1.54, 1.807) is 0 Å². The number of hydrogen-bond acceptors (Lipinski definition) is 8. The minimum atomic E-state index is -0.330. The van der Waals surface area contributed by atoms with Gasteiger partial charge in [0.1, 0.15) is 12.7 Å². The highest BCUT2D eigenvalue weighted by molar-refractivity contribution is 5.73. The Bertz CT molecular complexity index is 583. The van der Waals surface area contributed by atoms with Crippen LogP contribution in [0.5, 0.6) is 0 Å². The minimum Gasteiger partial charge on any atom is -0.370 e. The van der Waals surface area contributed by atoms with Gasteiger partial charge < -0.3 is 16.4 Å². The molecule has 0 saturated heterocycles. The summed E-state index contributed by atoms with van der Waals surface area (Å²) in [5.41, 5.74) is 5.09. The maximum absolute atomic E-state index is 10.7. The van der Waals surface area contributed by atoms with Crippen molar-refractivity contribution in [1.29, 1.82) is 0 Å². The van der Waals surface area contributed by atoms with E-state index in [0.29, 0.717) is 43.8 Å². The summed E-state index contributed by atoms with van der Waals surface area (Å²) >= 11 is 0. The first-order chi connectivity index (χ1) is 10.2. The second-order valence-corrected chi connectivity index (χ2v) is 4.15. The summed E-state index contributed by atoms with van der Waals surface area (Å²) in [6, 6.07) is 0. The second kappa shape index (κ2) is 7.12. The summed E-state index contributed by atoms with van der Waals surface area (Å²) in [4.78, 5) is 27.3. The molecule has 0 aliphatic carbocycles. The number of carbonyl (C=O) groups excluding carboxylic acids is 1. The summed E-state index contributed by atoms with van der Waals surface area (Å²) < 4.78 is 1.44. The van der Waals surface area contributed by atoms with E-state index in [1.165, 1.54) is 17.3 Å². The molecule has 2 aromatic rings. The molecular formula is C11H17N9O. The van der Waals surface area contributed by atoms with Gasteiger partial charge in [0.15, 0.2) is 0 Å². The van der Waals surface area contributed by atoms with Crippen LogP contribution in [0.15, 0.2) is 12.7 Å². The number of nitrogens with two attached hydrogens (primary N) is 1. The molecule has 112 valence electrons. The Hall–Kier alpha value is -2.78. The molecule has 2 aromatic heterocycles. The minimum absolute atomic E-state index is 0.314. The van der Waals surface area contributed by atoms with E-state index >= 15 is 0 Å². The first-order valence-electron chi connectivity index (χ1n) is 6.56. The van der Waals surface area contributed by atoms with Gasteiger partial charge in [0, 0.05) is 19.5 Å². The Morgan fingerprint density at radius 3 is 2.67 bits per heavy atom. The number of carbonyl (C=O) groups is 1. The number of rotatable bonds is 8. The van der Waals surface area contributed by atoms with Crippen LogP contribution in [0.4, 0.5) is 11.9 Å². The number of anilines is 2. The molecule has 10 heteroatoms. The topological polar surface area (TPSA) is 137 Å². The van der Waals surface area contributed by atoms with Crippen molar-refractivity contribution in [1.82, 2.24) is 29.7 Å². The lowest BCUT2D eigenvalue weighted by atomic mass is 10.3. The molecule has 0 aromatic carbocycles. The van der Waals surface area contributed by atoms with Crippen LogP contribution in [0, 0.1) is 0 Å². The van der Waals surface area contributed by atoms with Gasteiger partial charge in [0.25, 0.3) is 5.95 Å². The van der Waals surface area contributed by atoms with E-state index in [1.807, 2.05) is 6.92 Å². The third kappa shape index (κ3) is 4.37. The van der Waals surface area contributed by atoms with Gasteiger partial charge in [-0.15, -0.1) is 0 Å². The number of primary amides is 1. The number of nitrogens with one attached hydrogen (secondary N) is 2. The molecular weight excluding hydrogens is 274 g/mol. The Morgan fingerprint density at radius 2 is 2.05 bits per heavy atom. The molecule has 0 saturated carbocycles. The molecule has 0 atom stereocenters. The van der Waals surface area contributed by atoms with Crippen molar-refractivity contribution >= 4 is 17.8 Å². The predicted octanol–water partition coefficient (Wildman–Crippen LogP) is -0.438. The molecule has 21 heavy (non-hydrogen) atoms. The Morgan fingerprint density at radius 1 is 1.29 bits per heavy atom. The second-order valence-electron chi connectivity index (χ2n) is 4.15. The number of nitrogens with zero attached hydrogens (tertiary/aromatic N) is 6. The summed E-state index contributed by atoms with van der Waals surface area (Å²) in [6.45, 7) is 3.16. The average molecular weight is 291 g/mol. The van der Waals surface area contributed by atoms with E-state index in [2.05, 4.69) is 35.7 Å². The Balaban J connectivity index is 2.10. The normalized spacial score (nSPS) is 10.3. The highest BCUT2D eigenvalue weighted by Gasteiger charge is 2.08. The van der Waals surface area contributed by atoms with Gasteiger partial charge in [-0.05, 0) is 13.3 Å². The van der Waals surface area contributed by atoms with E-state index in [4.69, 9.17) is 5.73 Å². The standard InChI is InChI=1S/C11H17N9O/c1-2-14-9-17-10(15-5-3-4-8(12)21)19-11(18-9)20-7-13-6-16-20/h6-7H,2-5H2,1H3,(H2,12,21)(H2,14,15,17,18,19). The summed E-state index contributed by atoms with van der Waals surface area (Å²) in [5, 5.41) is 10.0. The molecule has 4 N–H and O–H groups in total. The summed E-state index contributed by atoms with van der Waals surface area (Å²) in [7, 11) is 0. The van der Waals surface area contributed by atoms with Crippen molar-refractivity contribution in [3.63, 3.8) is 0 Å². The van der Waals surface area contributed by atoms with Gasteiger partial charge in [-0.2, -0.15) is 24.7 Å². The Kier molecular flexibility index (Phi) is 4.96. The zero-order valence-corrected chi connectivity index (χ0v) is 11.7. The molecule has 0 aliphatic rings. The van der Waals surface area contributed by atoms with E-state index in [-0.39, 0.29) is 5.91 Å². The van der Waals surface area contributed by atoms with Gasteiger partial charge in [-0.1, -0.05) is 0 Å². The van der Waals surface area contributed by atoms with E-state index in [0.717, 1.165) is 0 Å². The number of hydrogen-bond donors (Lipinski definition) is 3. The van der Waals surface area contributed by atoms with Crippen LogP contribution < -0.4 is 16.4 Å². The zero-order chi connectivity index (χ0) is 15.1. The third-order valence-corrected chi connectivity index (χ3v) is 2.47. The SMILES string of the molecule is CCNc1nc(NCCCC(N)=O)nc(-n2cncn2)n1. The van der Waals surface area contributed by atoms with Crippen molar-refractivity contribution in [3.05, 3.63) is 12.7 Å². The molecule has 1 amide bonds. The van der Waals surface area contributed by atoms with Crippen LogP contribution >= 0.6 is 0 Å². The maximum atomic E-state index is 10.7. The van der Waals surface area contributed by atoms with Crippen LogP contribution in [0.2, 0.25) is 0 Å². The third-order valence-electron chi connectivity index (χ3n) is 2.47. The van der Waals surface area contributed by atoms with Gasteiger partial charge in [-0.3, -0.25) is 4.79 Å². The number of amides is 1. The highest BCUT2D eigenvalue weighted by atomic mass is 16.1. The first-order valence-corrected chi connectivity index (χ1v) is 6.56. The largest absolute Gasteiger partial charge is 0.370 e. The van der Waals surface area contributed by atoms with Crippen LogP contribution in [-0.4, -0.2) is 48.7 Å². The smallest absolute Gasteiger partial charge is 0.258 e. The van der Waals surface area contributed by atoms with Crippen LogP contribution in [0.1, 0.15) is 19.8 Å². The molecule has 2 heterocycles. The zero-order valence-electron chi connectivity index (χ0n) is 11.7. The molecule has 0 bridgehead atoms. The molecule has 0 aliphatic heterocycles. The molecule has 0 spiro atoms. The monoisotopic (exact) mass is 291 g/mol. The summed E-state index contributed by atoms with van der Waals surface area (Å²) in [6.07, 6.45) is 3.82. The first kappa shape index (κ1) is 14.6. The fraction of sp³-hybridized carbons (Fsp3) is 0.455. The van der Waals surface area contributed by atoms with Crippen molar-refractivity contribution in [3.8, 4) is 5.95 Å². The fourth-order valence-corrected chi connectivity index (χ4v) is 1.56. The fourth-order valence-electron chi connectivity index (χ4n) is 1.56. The predicted molar refractivity (Wildman–Crippen MR) is 75.8 cm³/mol. The maximum Gasteiger partial charge on any atom is 0.258 e. The molecule has 0 fully saturated rings. The van der Waals surface area contributed by atoms with E-state index < -0.39 is 0 Å². The quantitative estimate of drug-likeness (QED) is 0.557. The van der Waals surface area contributed by atoms with Crippen molar-refractivity contribution < 1.29 is 4.79 Å². The molecule has 0 unspecified atom stereocenters. The van der Waals surface area contributed by atoms with Crippen LogP contribution in [0.25, 0.3) is 5.95 Å². The molecule has 0 radical (unpaired) electrons. The van der Waals surface area contributed by atoms with Gasteiger partial charge >= 0.3 is 0 Å². The average Bonchev–Trinajstić information content (AvgIpc) is 2.98. The Labute approximate surface area is 121 Å².